The summed E-state index contributed by atoms with van der Waals surface area (Å²) in [7, 11) is 1.61. The summed E-state index contributed by atoms with van der Waals surface area (Å²) in [6, 6.07) is 23.2. The van der Waals surface area contributed by atoms with Gasteiger partial charge in [-0.2, -0.15) is 0 Å². The molecule has 2 fully saturated rings. The lowest BCUT2D eigenvalue weighted by atomic mass is 9.64. The lowest BCUT2D eigenvalue weighted by Crippen LogP contribution is -2.54. The van der Waals surface area contributed by atoms with Gasteiger partial charge in [0, 0.05) is 29.1 Å². The van der Waals surface area contributed by atoms with E-state index in [-0.39, 0.29) is 30.2 Å². The number of carbonyl (C=O) groups is 2. The maximum atomic E-state index is 14.4. The Bertz CT molecular complexity index is 1680. The summed E-state index contributed by atoms with van der Waals surface area (Å²) in [6.07, 6.45) is 11.6. The number of nitrogens with zero attached hydrogens (tertiary/aromatic N) is 1. The number of urea groups is 1. The third-order valence-corrected chi connectivity index (χ3v) is 12.2. The fourth-order valence-electron chi connectivity index (χ4n) is 8.99. The number of benzene rings is 3. The van der Waals surface area contributed by atoms with Gasteiger partial charge in [0.15, 0.2) is 5.78 Å². The minimum absolute atomic E-state index is 0.0108. The first kappa shape index (κ1) is 36.8. The van der Waals surface area contributed by atoms with E-state index in [4.69, 9.17) is 4.74 Å². The number of carbonyl (C=O) groups excluding carboxylic acids is 2. The number of allylic oxidation sites excluding steroid dienone is 2. The number of fused-ring (bicyclic) bond motifs is 8. The second-order valence-corrected chi connectivity index (χ2v) is 15.6. The Morgan fingerprint density at radius 1 is 0.941 bits per heavy atom. The standard InChI is InChI=1S/C44H56N2O5/c1-31-11-10-25-43(2)40(38-23-17-33(27-36(47)20-16-31)28-39(38)41(48)34-14-8-5-9-15-34)24-26-44(43,50)30-46(29-32-12-6-4-7-13-32)42(49)45-35-18-21-37(51-3)22-19-35/h4,6-7,11-13,17-19,21-23,28,34,36,40,47,50H,5,8-10,14-16,20,24-27,29-30H2,1-3H3,(H,45,49). The van der Waals surface area contributed by atoms with Crippen LogP contribution >= 0.6 is 0 Å². The fraction of sp³-hybridized carbons (Fsp3) is 0.500. The summed E-state index contributed by atoms with van der Waals surface area (Å²) in [6.45, 7) is 4.80. The molecule has 51 heavy (non-hydrogen) atoms. The highest BCUT2D eigenvalue weighted by atomic mass is 16.5. The molecule has 7 nitrogen and oxygen atoms in total. The molecular formula is C44H56N2O5. The van der Waals surface area contributed by atoms with E-state index < -0.39 is 17.1 Å². The van der Waals surface area contributed by atoms with Gasteiger partial charge in [-0.1, -0.05) is 80.3 Å². The van der Waals surface area contributed by atoms with Crippen molar-refractivity contribution in [2.45, 2.75) is 115 Å². The van der Waals surface area contributed by atoms with Gasteiger partial charge in [-0.25, -0.2) is 4.79 Å². The van der Waals surface area contributed by atoms with E-state index in [0.717, 1.165) is 60.8 Å². The van der Waals surface area contributed by atoms with Crippen LogP contribution in [-0.2, 0) is 13.0 Å². The summed E-state index contributed by atoms with van der Waals surface area (Å²) in [4.78, 5) is 30.3. The van der Waals surface area contributed by atoms with Crippen LogP contribution in [-0.4, -0.2) is 52.3 Å². The van der Waals surface area contributed by atoms with Gasteiger partial charge in [0.05, 0.1) is 25.4 Å². The molecule has 2 bridgehead atoms. The Balaban J connectivity index is 1.38. The smallest absolute Gasteiger partial charge is 0.322 e. The zero-order valence-corrected chi connectivity index (χ0v) is 30.7. The topological polar surface area (TPSA) is 99.1 Å². The van der Waals surface area contributed by atoms with Crippen molar-refractivity contribution < 1.29 is 24.5 Å². The van der Waals surface area contributed by atoms with E-state index in [1.54, 1.807) is 12.0 Å². The molecule has 4 aliphatic rings. The molecule has 3 N–H and O–H groups in total. The number of amides is 2. The Morgan fingerprint density at radius 2 is 1.69 bits per heavy atom. The first-order chi connectivity index (χ1) is 24.6. The van der Waals surface area contributed by atoms with Crippen LogP contribution in [0.3, 0.4) is 0 Å². The van der Waals surface area contributed by atoms with Crippen molar-refractivity contribution in [1.82, 2.24) is 4.90 Å². The first-order valence-corrected chi connectivity index (χ1v) is 19.1. The molecule has 4 unspecified atom stereocenters. The van der Waals surface area contributed by atoms with Crippen molar-refractivity contribution in [1.29, 1.82) is 0 Å². The largest absolute Gasteiger partial charge is 0.497 e. The predicted molar refractivity (Wildman–Crippen MR) is 203 cm³/mol. The second-order valence-electron chi connectivity index (χ2n) is 15.6. The predicted octanol–water partition coefficient (Wildman–Crippen LogP) is 9.23. The van der Waals surface area contributed by atoms with Gasteiger partial charge in [-0.15, -0.1) is 0 Å². The maximum Gasteiger partial charge on any atom is 0.322 e. The molecule has 3 aromatic carbocycles. The molecule has 4 atom stereocenters. The second kappa shape index (κ2) is 16.2. The highest BCUT2D eigenvalue weighted by Gasteiger charge is 2.57. The highest BCUT2D eigenvalue weighted by Crippen LogP contribution is 2.59. The number of hydrogen-bond acceptors (Lipinski definition) is 5. The van der Waals surface area contributed by atoms with E-state index in [1.807, 2.05) is 54.6 Å². The van der Waals surface area contributed by atoms with Crippen LogP contribution in [0.5, 0.6) is 5.75 Å². The molecule has 0 spiro atoms. The lowest BCUT2D eigenvalue weighted by molar-refractivity contribution is -0.0773. The Kier molecular flexibility index (Phi) is 11.7. The average molecular weight is 693 g/mol. The number of aliphatic hydroxyl groups is 2. The molecule has 2 amide bonds. The zero-order valence-electron chi connectivity index (χ0n) is 30.7. The van der Waals surface area contributed by atoms with E-state index in [2.05, 4.69) is 43.4 Å². The van der Waals surface area contributed by atoms with Crippen LogP contribution in [0.4, 0.5) is 10.5 Å². The van der Waals surface area contributed by atoms with Gasteiger partial charge < -0.3 is 25.2 Å². The van der Waals surface area contributed by atoms with Gasteiger partial charge in [-0.3, -0.25) is 4.79 Å². The molecule has 7 heteroatoms. The number of anilines is 1. The molecule has 0 aliphatic heterocycles. The summed E-state index contributed by atoms with van der Waals surface area (Å²) >= 11 is 0. The van der Waals surface area contributed by atoms with E-state index in [0.29, 0.717) is 50.1 Å². The number of aliphatic hydroxyl groups excluding tert-OH is 1. The zero-order chi connectivity index (χ0) is 36.0. The minimum Gasteiger partial charge on any atom is -0.497 e. The van der Waals surface area contributed by atoms with Gasteiger partial charge in [0.1, 0.15) is 5.75 Å². The Labute approximate surface area is 304 Å². The number of ether oxygens (including phenoxy) is 1. The van der Waals surface area contributed by atoms with Crippen molar-refractivity contribution in [3.63, 3.8) is 0 Å². The number of ketones is 1. The van der Waals surface area contributed by atoms with Crippen molar-refractivity contribution in [2.24, 2.45) is 11.3 Å². The first-order valence-electron chi connectivity index (χ1n) is 19.1. The molecule has 3 aromatic rings. The van der Waals surface area contributed by atoms with E-state index >= 15 is 0 Å². The van der Waals surface area contributed by atoms with Crippen LogP contribution in [0.2, 0.25) is 0 Å². The van der Waals surface area contributed by atoms with Crippen molar-refractivity contribution >= 4 is 17.5 Å². The highest BCUT2D eigenvalue weighted by molar-refractivity contribution is 5.99. The van der Waals surface area contributed by atoms with E-state index in [1.165, 1.54) is 12.0 Å². The Hall–Kier alpha value is -3.94. The molecule has 0 heterocycles. The SMILES string of the molecule is COc1ccc(NC(=O)N(Cc2ccccc2)CC2(O)CCC3c4ccc(cc4C(=O)C4CCCCC4)CC(O)CCC(C)=CCCC32C)cc1. The number of hydrogen-bond donors (Lipinski definition) is 3. The fourth-order valence-corrected chi connectivity index (χ4v) is 8.99. The lowest BCUT2D eigenvalue weighted by Gasteiger charge is -2.46. The summed E-state index contributed by atoms with van der Waals surface area (Å²) in [5, 5.41) is 27.1. The third kappa shape index (κ3) is 8.42. The summed E-state index contributed by atoms with van der Waals surface area (Å²) in [5.41, 5.74) is 3.78. The van der Waals surface area contributed by atoms with Crippen molar-refractivity contribution in [3.8, 4) is 5.75 Å². The molecular weight excluding hydrogens is 636 g/mol. The molecule has 0 saturated heterocycles. The molecule has 0 radical (unpaired) electrons. The Morgan fingerprint density at radius 3 is 2.41 bits per heavy atom. The van der Waals surface area contributed by atoms with E-state index in [9.17, 15) is 19.8 Å². The maximum absolute atomic E-state index is 14.4. The monoisotopic (exact) mass is 692 g/mol. The van der Waals surface area contributed by atoms with Crippen LogP contribution in [0.1, 0.15) is 117 Å². The molecule has 4 aliphatic carbocycles. The number of nitrogens with one attached hydrogen (secondary N) is 1. The van der Waals surface area contributed by atoms with Crippen molar-refractivity contribution in [3.05, 3.63) is 107 Å². The summed E-state index contributed by atoms with van der Waals surface area (Å²) < 4.78 is 5.31. The number of rotatable bonds is 8. The number of methoxy groups -OCH3 is 1. The van der Waals surface area contributed by atoms with Crippen molar-refractivity contribution in [2.75, 3.05) is 19.0 Å². The quantitative estimate of drug-likeness (QED) is 0.162. The minimum atomic E-state index is -1.22. The van der Waals surface area contributed by atoms with Crippen LogP contribution < -0.4 is 10.1 Å². The molecule has 2 saturated carbocycles. The average Bonchev–Trinajstić information content (AvgIpc) is 3.39. The van der Waals surface area contributed by atoms with Gasteiger partial charge in [0.2, 0.25) is 0 Å². The number of Topliss-reactive ketones (excluding diaryl/α,β-unsaturated/α-hetero) is 1. The summed E-state index contributed by atoms with van der Waals surface area (Å²) in [5.74, 6) is 0.851. The van der Waals surface area contributed by atoms with Gasteiger partial charge >= 0.3 is 6.03 Å². The normalized spacial score (nSPS) is 25.7. The molecule has 0 aromatic heterocycles. The van der Waals surface area contributed by atoms with Crippen LogP contribution in [0, 0.1) is 11.3 Å². The molecule has 7 rings (SSSR count). The third-order valence-electron chi connectivity index (χ3n) is 12.2. The van der Waals surface area contributed by atoms with Gasteiger partial charge in [0.25, 0.3) is 0 Å². The van der Waals surface area contributed by atoms with Crippen LogP contribution in [0.25, 0.3) is 0 Å². The molecule has 272 valence electrons. The van der Waals surface area contributed by atoms with Gasteiger partial charge in [-0.05, 0) is 118 Å². The van der Waals surface area contributed by atoms with Crippen LogP contribution in [0.15, 0.2) is 84.4 Å².